The van der Waals surface area contributed by atoms with Crippen LogP contribution in [0.3, 0.4) is 0 Å². The Morgan fingerprint density at radius 3 is 2.71 bits per heavy atom. The second-order valence-corrected chi connectivity index (χ2v) is 3.93. The molecule has 1 rings (SSSR count). The molecule has 0 aromatic carbocycles. The number of thioether (sulfide) groups is 1. The molecule has 1 aliphatic rings. The van der Waals surface area contributed by atoms with Crippen molar-refractivity contribution in [3.63, 3.8) is 0 Å². The molecule has 0 spiro atoms. The molecular formula is C11H18N2S. The van der Waals surface area contributed by atoms with Crippen molar-refractivity contribution in [3.8, 4) is 0 Å². The Morgan fingerprint density at radius 2 is 2.14 bits per heavy atom. The second-order valence-electron chi connectivity index (χ2n) is 3.05. The molecular weight excluding hydrogens is 192 g/mol. The molecule has 0 saturated carbocycles. The van der Waals surface area contributed by atoms with Crippen LogP contribution >= 0.6 is 11.8 Å². The van der Waals surface area contributed by atoms with Gasteiger partial charge in [-0.15, -0.1) is 11.8 Å². The van der Waals surface area contributed by atoms with Crippen LogP contribution in [0.5, 0.6) is 0 Å². The molecule has 0 radical (unpaired) electrons. The molecule has 0 saturated heterocycles. The van der Waals surface area contributed by atoms with E-state index >= 15 is 0 Å². The van der Waals surface area contributed by atoms with Gasteiger partial charge in [0.25, 0.3) is 0 Å². The fourth-order valence-corrected chi connectivity index (χ4v) is 1.91. The molecule has 0 N–H and O–H groups in total. The third-order valence-corrected chi connectivity index (χ3v) is 3.09. The lowest BCUT2D eigenvalue weighted by Crippen LogP contribution is -2.29. The fourth-order valence-electron chi connectivity index (χ4n) is 1.46. The van der Waals surface area contributed by atoms with Gasteiger partial charge >= 0.3 is 0 Å². The van der Waals surface area contributed by atoms with Gasteiger partial charge < -0.3 is 4.90 Å². The first-order valence-corrected chi connectivity index (χ1v) is 6.26. The zero-order valence-corrected chi connectivity index (χ0v) is 9.97. The standard InChI is InChI=1S/C11H18N2S/c1-4-13(5-2)11-7-6-10(14-3)8-9-12-11/h6,8-9H,4-5,7H2,1-3H3. The Balaban J connectivity index is 2.70. The predicted octanol–water partition coefficient (Wildman–Crippen LogP) is 2.89. The Bertz CT molecular complexity index is 262. The van der Waals surface area contributed by atoms with Gasteiger partial charge in [0.2, 0.25) is 0 Å². The second kappa shape index (κ2) is 5.91. The van der Waals surface area contributed by atoms with Gasteiger partial charge in [-0.2, -0.15) is 0 Å². The average Bonchev–Trinajstić information content (AvgIpc) is 2.45. The van der Waals surface area contributed by atoms with E-state index in [1.165, 1.54) is 10.7 Å². The molecule has 0 atom stereocenters. The van der Waals surface area contributed by atoms with Gasteiger partial charge in [-0.05, 0) is 26.2 Å². The molecule has 0 aliphatic carbocycles. The fraction of sp³-hybridized carbons (Fsp3) is 0.545. The predicted molar refractivity (Wildman–Crippen MR) is 65.7 cm³/mol. The van der Waals surface area contributed by atoms with Gasteiger partial charge in [-0.3, -0.25) is 0 Å². The summed E-state index contributed by atoms with van der Waals surface area (Å²) < 4.78 is 0. The van der Waals surface area contributed by atoms with Gasteiger partial charge in [0.05, 0.1) is 0 Å². The highest BCUT2D eigenvalue weighted by Crippen LogP contribution is 2.17. The van der Waals surface area contributed by atoms with Crippen molar-refractivity contribution >= 4 is 17.6 Å². The van der Waals surface area contributed by atoms with Crippen LogP contribution in [0.25, 0.3) is 0 Å². The molecule has 0 bridgehead atoms. The molecule has 0 aromatic heterocycles. The van der Waals surface area contributed by atoms with Gasteiger partial charge in [-0.1, -0.05) is 6.08 Å². The number of aliphatic imine (C=N–C) groups is 1. The molecule has 2 nitrogen and oxygen atoms in total. The van der Waals surface area contributed by atoms with Crippen molar-refractivity contribution < 1.29 is 0 Å². The van der Waals surface area contributed by atoms with E-state index in [2.05, 4.69) is 42.1 Å². The van der Waals surface area contributed by atoms with Gasteiger partial charge in [0.1, 0.15) is 5.84 Å². The average molecular weight is 210 g/mol. The van der Waals surface area contributed by atoms with Crippen molar-refractivity contribution in [1.82, 2.24) is 4.90 Å². The van der Waals surface area contributed by atoms with Crippen molar-refractivity contribution in [2.24, 2.45) is 4.99 Å². The van der Waals surface area contributed by atoms with Crippen molar-refractivity contribution in [1.29, 1.82) is 0 Å². The van der Waals surface area contributed by atoms with E-state index in [0.29, 0.717) is 0 Å². The molecule has 0 unspecified atom stereocenters. The first kappa shape index (κ1) is 11.4. The van der Waals surface area contributed by atoms with E-state index in [0.717, 1.165) is 19.5 Å². The molecule has 14 heavy (non-hydrogen) atoms. The molecule has 0 aromatic rings. The third-order valence-electron chi connectivity index (χ3n) is 2.31. The van der Waals surface area contributed by atoms with Crippen LogP contribution in [-0.4, -0.2) is 30.1 Å². The smallest absolute Gasteiger partial charge is 0.108 e. The summed E-state index contributed by atoms with van der Waals surface area (Å²) in [4.78, 5) is 8.06. The molecule has 1 aliphatic heterocycles. The molecule has 1 heterocycles. The first-order valence-electron chi connectivity index (χ1n) is 5.04. The van der Waals surface area contributed by atoms with E-state index < -0.39 is 0 Å². The minimum Gasteiger partial charge on any atom is -0.360 e. The van der Waals surface area contributed by atoms with Crippen molar-refractivity contribution in [2.75, 3.05) is 19.3 Å². The van der Waals surface area contributed by atoms with Crippen LogP contribution in [0.4, 0.5) is 0 Å². The lowest BCUT2D eigenvalue weighted by atomic mass is 10.3. The Kier molecular flexibility index (Phi) is 4.80. The highest BCUT2D eigenvalue weighted by atomic mass is 32.2. The highest BCUT2D eigenvalue weighted by Gasteiger charge is 2.06. The zero-order chi connectivity index (χ0) is 10.4. The molecule has 0 amide bonds. The van der Waals surface area contributed by atoms with E-state index in [1.54, 1.807) is 11.8 Å². The van der Waals surface area contributed by atoms with Gasteiger partial charge in [0.15, 0.2) is 0 Å². The quantitative estimate of drug-likeness (QED) is 0.712. The number of nitrogens with zero attached hydrogens (tertiary/aromatic N) is 2. The van der Waals surface area contributed by atoms with E-state index in [1.807, 2.05) is 6.20 Å². The van der Waals surface area contributed by atoms with Crippen LogP contribution in [0, 0.1) is 0 Å². The van der Waals surface area contributed by atoms with Crippen LogP contribution in [0.1, 0.15) is 20.3 Å². The summed E-state index contributed by atoms with van der Waals surface area (Å²) in [6, 6.07) is 0. The summed E-state index contributed by atoms with van der Waals surface area (Å²) in [6.07, 6.45) is 9.26. The van der Waals surface area contributed by atoms with Gasteiger partial charge in [0, 0.05) is 30.6 Å². The van der Waals surface area contributed by atoms with Crippen molar-refractivity contribution in [3.05, 3.63) is 23.3 Å². The van der Waals surface area contributed by atoms with Crippen LogP contribution in [0.2, 0.25) is 0 Å². The Hall–Kier alpha value is -0.700. The SMILES string of the molecule is CCN(CC)C1=NC=CC(SC)=CC1. The largest absolute Gasteiger partial charge is 0.360 e. The number of hydrogen-bond acceptors (Lipinski definition) is 3. The number of allylic oxidation sites excluding steroid dienone is 1. The maximum absolute atomic E-state index is 4.46. The summed E-state index contributed by atoms with van der Waals surface area (Å²) in [5, 5.41) is 0. The number of rotatable bonds is 3. The van der Waals surface area contributed by atoms with Crippen LogP contribution in [0.15, 0.2) is 28.2 Å². The monoisotopic (exact) mass is 210 g/mol. The zero-order valence-electron chi connectivity index (χ0n) is 9.16. The minimum atomic E-state index is 0.949. The van der Waals surface area contributed by atoms with Crippen LogP contribution in [-0.2, 0) is 0 Å². The lowest BCUT2D eigenvalue weighted by Gasteiger charge is -2.21. The topological polar surface area (TPSA) is 15.6 Å². The third kappa shape index (κ3) is 2.91. The minimum absolute atomic E-state index is 0.949. The lowest BCUT2D eigenvalue weighted by molar-refractivity contribution is 0.459. The maximum Gasteiger partial charge on any atom is 0.108 e. The Morgan fingerprint density at radius 1 is 1.43 bits per heavy atom. The summed E-state index contributed by atoms with van der Waals surface area (Å²) in [7, 11) is 0. The van der Waals surface area contributed by atoms with Crippen LogP contribution < -0.4 is 0 Å². The van der Waals surface area contributed by atoms with Crippen molar-refractivity contribution in [2.45, 2.75) is 20.3 Å². The van der Waals surface area contributed by atoms with E-state index in [-0.39, 0.29) is 0 Å². The van der Waals surface area contributed by atoms with Gasteiger partial charge in [-0.25, -0.2) is 4.99 Å². The summed E-state index contributed by atoms with van der Waals surface area (Å²) >= 11 is 1.77. The van der Waals surface area contributed by atoms with E-state index in [9.17, 15) is 0 Å². The number of amidine groups is 1. The maximum atomic E-state index is 4.46. The summed E-state index contributed by atoms with van der Waals surface area (Å²) in [5.41, 5.74) is 0. The molecule has 0 fully saturated rings. The normalized spacial score (nSPS) is 15.9. The summed E-state index contributed by atoms with van der Waals surface area (Å²) in [5.74, 6) is 1.18. The summed E-state index contributed by atoms with van der Waals surface area (Å²) in [6.45, 7) is 6.40. The Labute approximate surface area is 90.8 Å². The molecule has 78 valence electrons. The first-order chi connectivity index (χ1) is 6.81. The number of hydrogen-bond donors (Lipinski definition) is 0. The highest BCUT2D eigenvalue weighted by molar-refractivity contribution is 8.02. The molecule has 3 heteroatoms. The van der Waals surface area contributed by atoms with E-state index in [4.69, 9.17) is 0 Å².